The highest BCUT2D eigenvalue weighted by atomic mass is 35.5. The second-order valence-electron chi connectivity index (χ2n) is 6.17. The minimum absolute atomic E-state index is 0.601. The molecule has 132 valence electrons. The van der Waals surface area contributed by atoms with Crippen molar-refractivity contribution in [3.05, 3.63) is 64.7 Å². The molecule has 0 unspecified atom stereocenters. The molecule has 0 bridgehead atoms. The van der Waals surface area contributed by atoms with Gasteiger partial charge >= 0.3 is 0 Å². The lowest BCUT2D eigenvalue weighted by molar-refractivity contribution is -0.921. The molecule has 1 fully saturated rings. The summed E-state index contributed by atoms with van der Waals surface area (Å²) >= 11 is 11.2. The Morgan fingerprint density at radius 2 is 1.64 bits per heavy atom. The van der Waals surface area contributed by atoms with Crippen molar-refractivity contribution in [3.8, 4) is 0 Å². The van der Waals surface area contributed by atoms with E-state index < -0.39 is 0 Å². The third kappa shape index (κ3) is 5.97. The number of anilines is 1. The summed E-state index contributed by atoms with van der Waals surface area (Å²) in [7, 11) is 0. The zero-order valence-corrected chi connectivity index (χ0v) is 15.6. The molecule has 4 nitrogen and oxygen atoms in total. The third-order valence-electron chi connectivity index (χ3n) is 4.23. The Morgan fingerprint density at radius 1 is 1.00 bits per heavy atom. The first-order chi connectivity index (χ1) is 12.2. The van der Waals surface area contributed by atoms with Gasteiger partial charge in [-0.15, -0.1) is 0 Å². The molecule has 3 N–H and O–H groups in total. The van der Waals surface area contributed by atoms with E-state index in [9.17, 15) is 0 Å². The van der Waals surface area contributed by atoms with Crippen LogP contribution < -0.4 is 15.5 Å². The van der Waals surface area contributed by atoms with Gasteiger partial charge in [-0.05, 0) is 42.0 Å². The summed E-state index contributed by atoms with van der Waals surface area (Å²) in [5.41, 5.74) is 3.49. The van der Waals surface area contributed by atoms with Crippen molar-refractivity contribution >= 4 is 34.6 Å². The van der Waals surface area contributed by atoms with Gasteiger partial charge in [0.25, 0.3) is 0 Å². The van der Waals surface area contributed by atoms with Crippen LogP contribution in [-0.4, -0.2) is 31.4 Å². The predicted octanol–water partition coefficient (Wildman–Crippen LogP) is 2.24. The molecule has 0 saturated carbocycles. The van der Waals surface area contributed by atoms with Crippen LogP contribution in [0.4, 0.5) is 5.69 Å². The number of thiocarbonyl (C=S) groups is 1. The first-order valence-corrected chi connectivity index (χ1v) is 9.27. The molecular weight excluding hydrogens is 354 g/mol. The quantitative estimate of drug-likeness (QED) is 0.700. The predicted molar refractivity (Wildman–Crippen MR) is 106 cm³/mol. The highest BCUT2D eigenvalue weighted by Gasteiger charge is 2.13. The second kappa shape index (κ2) is 9.15. The SMILES string of the molecule is S=C(NCc1ccc(C[NH+]2CCOCC2)cc1)Nc1ccc(Cl)cc1. The molecule has 0 aliphatic carbocycles. The summed E-state index contributed by atoms with van der Waals surface area (Å²) in [5, 5.41) is 7.69. The third-order valence-corrected chi connectivity index (χ3v) is 4.73. The van der Waals surface area contributed by atoms with E-state index in [4.69, 9.17) is 28.6 Å². The van der Waals surface area contributed by atoms with Crippen molar-refractivity contribution in [2.45, 2.75) is 13.1 Å². The van der Waals surface area contributed by atoms with E-state index in [1.54, 1.807) is 4.90 Å². The fourth-order valence-corrected chi connectivity index (χ4v) is 3.11. The molecule has 2 aromatic carbocycles. The summed E-state index contributed by atoms with van der Waals surface area (Å²) < 4.78 is 5.41. The van der Waals surface area contributed by atoms with Crippen LogP contribution in [0.25, 0.3) is 0 Å². The van der Waals surface area contributed by atoms with Crippen molar-refractivity contribution in [3.63, 3.8) is 0 Å². The lowest BCUT2D eigenvalue weighted by Crippen LogP contribution is -3.12. The standard InChI is InChI=1S/C19H22ClN3OS/c20-17-5-7-18(8-6-17)22-19(25)21-13-15-1-3-16(4-2-15)14-23-9-11-24-12-10-23/h1-8H,9-14H2,(H2,21,22,25)/p+1. The van der Waals surface area contributed by atoms with E-state index in [-0.39, 0.29) is 0 Å². The van der Waals surface area contributed by atoms with Crippen molar-refractivity contribution in [2.75, 3.05) is 31.6 Å². The number of hydrogen-bond acceptors (Lipinski definition) is 2. The molecule has 1 aliphatic rings. The van der Waals surface area contributed by atoms with Gasteiger partial charge in [0.05, 0.1) is 13.2 Å². The van der Waals surface area contributed by atoms with Gasteiger partial charge in [0, 0.05) is 22.8 Å². The van der Waals surface area contributed by atoms with E-state index in [0.717, 1.165) is 38.5 Å². The Balaban J connectivity index is 1.44. The summed E-state index contributed by atoms with van der Waals surface area (Å²) in [5.74, 6) is 0. The van der Waals surface area contributed by atoms with Crippen LogP contribution in [0.2, 0.25) is 5.02 Å². The smallest absolute Gasteiger partial charge is 0.171 e. The highest BCUT2D eigenvalue weighted by Crippen LogP contribution is 2.13. The molecule has 1 saturated heterocycles. The Bertz CT molecular complexity index is 685. The number of halogens is 1. The fourth-order valence-electron chi connectivity index (χ4n) is 2.79. The van der Waals surface area contributed by atoms with Crippen LogP contribution >= 0.6 is 23.8 Å². The van der Waals surface area contributed by atoms with Gasteiger partial charge in [-0.1, -0.05) is 35.9 Å². The Hall–Kier alpha value is -1.66. The zero-order chi connectivity index (χ0) is 17.5. The molecule has 6 heteroatoms. The van der Waals surface area contributed by atoms with Gasteiger partial charge < -0.3 is 20.3 Å². The van der Waals surface area contributed by atoms with Crippen LogP contribution in [0.3, 0.4) is 0 Å². The monoisotopic (exact) mass is 376 g/mol. The lowest BCUT2D eigenvalue weighted by Gasteiger charge is -2.23. The molecular formula is C19H23ClN3OS+. The molecule has 1 heterocycles. The topological polar surface area (TPSA) is 37.7 Å². The number of rotatable bonds is 5. The van der Waals surface area contributed by atoms with Gasteiger partial charge in [0.15, 0.2) is 5.11 Å². The minimum atomic E-state index is 0.601. The zero-order valence-electron chi connectivity index (χ0n) is 14.1. The van der Waals surface area contributed by atoms with E-state index in [1.165, 1.54) is 11.1 Å². The second-order valence-corrected chi connectivity index (χ2v) is 7.01. The summed E-state index contributed by atoms with van der Waals surface area (Å²) in [6.07, 6.45) is 0. The van der Waals surface area contributed by atoms with Gasteiger partial charge in [-0.2, -0.15) is 0 Å². The maximum Gasteiger partial charge on any atom is 0.171 e. The van der Waals surface area contributed by atoms with Crippen LogP contribution in [0, 0.1) is 0 Å². The van der Waals surface area contributed by atoms with E-state index in [2.05, 4.69) is 34.9 Å². The molecule has 0 radical (unpaired) electrons. The summed E-state index contributed by atoms with van der Waals surface area (Å²) in [4.78, 5) is 1.59. The fraction of sp³-hybridized carbons (Fsp3) is 0.316. The van der Waals surface area contributed by atoms with E-state index in [1.807, 2.05) is 24.3 Å². The molecule has 0 spiro atoms. The summed E-state index contributed by atoms with van der Waals surface area (Å²) in [6.45, 7) is 5.68. The van der Waals surface area contributed by atoms with Gasteiger partial charge in [0.1, 0.15) is 19.6 Å². The number of morpholine rings is 1. The average Bonchev–Trinajstić information content (AvgIpc) is 2.64. The van der Waals surface area contributed by atoms with Gasteiger partial charge in [-0.25, -0.2) is 0 Å². The number of ether oxygens (including phenoxy) is 1. The summed E-state index contributed by atoms with van der Waals surface area (Å²) in [6, 6.07) is 16.2. The highest BCUT2D eigenvalue weighted by molar-refractivity contribution is 7.80. The molecule has 25 heavy (non-hydrogen) atoms. The van der Waals surface area contributed by atoms with Crippen LogP contribution in [0.5, 0.6) is 0 Å². The number of quaternary nitrogens is 1. The Labute approximate surface area is 159 Å². The molecule has 3 rings (SSSR count). The van der Waals surface area contributed by atoms with Crippen molar-refractivity contribution in [1.29, 1.82) is 0 Å². The van der Waals surface area contributed by atoms with Crippen molar-refractivity contribution in [2.24, 2.45) is 0 Å². The molecule has 0 aromatic heterocycles. The molecule has 2 aromatic rings. The number of nitrogens with one attached hydrogen (secondary N) is 3. The molecule has 0 atom stereocenters. The van der Waals surface area contributed by atoms with Gasteiger partial charge in [0.2, 0.25) is 0 Å². The Morgan fingerprint density at radius 3 is 2.32 bits per heavy atom. The lowest BCUT2D eigenvalue weighted by atomic mass is 10.1. The largest absolute Gasteiger partial charge is 0.370 e. The molecule has 0 amide bonds. The minimum Gasteiger partial charge on any atom is -0.370 e. The van der Waals surface area contributed by atoms with E-state index in [0.29, 0.717) is 16.7 Å². The van der Waals surface area contributed by atoms with Crippen molar-refractivity contribution < 1.29 is 9.64 Å². The average molecular weight is 377 g/mol. The van der Waals surface area contributed by atoms with Crippen LogP contribution in [0.15, 0.2) is 48.5 Å². The van der Waals surface area contributed by atoms with Gasteiger partial charge in [-0.3, -0.25) is 0 Å². The first-order valence-electron chi connectivity index (χ1n) is 8.48. The molecule has 1 aliphatic heterocycles. The van der Waals surface area contributed by atoms with Crippen molar-refractivity contribution in [1.82, 2.24) is 5.32 Å². The van der Waals surface area contributed by atoms with Crippen LogP contribution in [-0.2, 0) is 17.8 Å². The number of benzene rings is 2. The van der Waals surface area contributed by atoms with Crippen LogP contribution in [0.1, 0.15) is 11.1 Å². The maximum absolute atomic E-state index is 5.88. The number of hydrogen-bond donors (Lipinski definition) is 3. The normalized spacial score (nSPS) is 14.9. The first kappa shape index (κ1) is 18.1. The Kier molecular flexibility index (Phi) is 6.64. The van der Waals surface area contributed by atoms with E-state index >= 15 is 0 Å². The maximum atomic E-state index is 5.88.